The molecule has 1 fully saturated rings. The standard InChI is InChI=1S/C14H20N2OS/c1-12-10-16(7-8-18-11-12)14(17)15-9-13-5-3-2-4-6-13/h2-6,12H,7-11H2,1H3,(H,15,17). The van der Waals surface area contributed by atoms with Crippen molar-refractivity contribution in [3.8, 4) is 0 Å². The quantitative estimate of drug-likeness (QED) is 0.890. The average Bonchev–Trinajstić information content (AvgIpc) is 2.62. The van der Waals surface area contributed by atoms with Crippen molar-refractivity contribution in [2.75, 3.05) is 24.6 Å². The third kappa shape index (κ3) is 3.95. The van der Waals surface area contributed by atoms with Gasteiger partial charge in [-0.2, -0.15) is 11.8 Å². The summed E-state index contributed by atoms with van der Waals surface area (Å²) in [5.74, 6) is 2.78. The number of nitrogens with one attached hydrogen (secondary N) is 1. The number of rotatable bonds is 2. The van der Waals surface area contributed by atoms with Crippen LogP contribution in [-0.4, -0.2) is 35.5 Å². The molecule has 1 aromatic carbocycles. The van der Waals surface area contributed by atoms with Gasteiger partial charge in [-0.1, -0.05) is 37.3 Å². The predicted octanol–water partition coefficient (Wildman–Crippen LogP) is 2.58. The number of nitrogens with zero attached hydrogens (tertiary/aromatic N) is 1. The van der Waals surface area contributed by atoms with Crippen molar-refractivity contribution < 1.29 is 4.79 Å². The topological polar surface area (TPSA) is 32.3 Å². The van der Waals surface area contributed by atoms with Crippen LogP contribution in [-0.2, 0) is 6.54 Å². The highest BCUT2D eigenvalue weighted by molar-refractivity contribution is 7.99. The van der Waals surface area contributed by atoms with Gasteiger partial charge in [0.15, 0.2) is 0 Å². The van der Waals surface area contributed by atoms with Crippen molar-refractivity contribution >= 4 is 17.8 Å². The number of benzene rings is 1. The number of carbonyl (C=O) groups excluding carboxylic acids is 1. The number of amides is 2. The first-order chi connectivity index (χ1) is 8.75. The normalized spacial score (nSPS) is 20.3. The average molecular weight is 264 g/mol. The molecule has 1 atom stereocenters. The van der Waals surface area contributed by atoms with Crippen molar-refractivity contribution in [3.63, 3.8) is 0 Å². The molecule has 1 saturated heterocycles. The van der Waals surface area contributed by atoms with Crippen LogP contribution in [0.1, 0.15) is 12.5 Å². The summed E-state index contributed by atoms with van der Waals surface area (Å²) in [4.78, 5) is 14.0. The fourth-order valence-electron chi connectivity index (χ4n) is 2.05. The van der Waals surface area contributed by atoms with E-state index in [0.29, 0.717) is 12.5 Å². The van der Waals surface area contributed by atoms with Gasteiger partial charge >= 0.3 is 6.03 Å². The van der Waals surface area contributed by atoms with Crippen LogP contribution >= 0.6 is 11.8 Å². The smallest absolute Gasteiger partial charge is 0.317 e. The van der Waals surface area contributed by atoms with E-state index in [4.69, 9.17) is 0 Å². The lowest BCUT2D eigenvalue weighted by molar-refractivity contribution is 0.195. The van der Waals surface area contributed by atoms with Gasteiger partial charge in [0, 0.05) is 25.4 Å². The van der Waals surface area contributed by atoms with E-state index >= 15 is 0 Å². The molecular weight excluding hydrogens is 244 g/mol. The molecule has 2 amide bonds. The minimum atomic E-state index is 0.0632. The first-order valence-corrected chi connectivity index (χ1v) is 7.55. The number of thioether (sulfide) groups is 1. The van der Waals surface area contributed by atoms with Gasteiger partial charge in [0.2, 0.25) is 0 Å². The molecule has 0 aliphatic carbocycles. The summed E-state index contributed by atoms with van der Waals surface area (Å²) in [6.07, 6.45) is 0. The number of hydrogen-bond donors (Lipinski definition) is 1. The molecule has 0 saturated carbocycles. The molecule has 2 rings (SSSR count). The number of carbonyl (C=O) groups is 1. The Labute approximate surface area is 113 Å². The fourth-order valence-corrected chi connectivity index (χ4v) is 3.07. The van der Waals surface area contributed by atoms with Crippen LogP contribution < -0.4 is 5.32 Å². The molecule has 0 radical (unpaired) electrons. The van der Waals surface area contributed by atoms with Crippen LogP contribution in [0.3, 0.4) is 0 Å². The van der Waals surface area contributed by atoms with Crippen molar-refractivity contribution in [1.29, 1.82) is 0 Å². The molecule has 0 bridgehead atoms. The van der Waals surface area contributed by atoms with E-state index in [2.05, 4.69) is 12.2 Å². The van der Waals surface area contributed by atoms with E-state index in [1.807, 2.05) is 47.0 Å². The molecule has 18 heavy (non-hydrogen) atoms. The highest BCUT2D eigenvalue weighted by Crippen LogP contribution is 2.15. The van der Waals surface area contributed by atoms with Gasteiger partial charge in [-0.05, 0) is 17.2 Å². The van der Waals surface area contributed by atoms with E-state index in [1.54, 1.807) is 0 Å². The lowest BCUT2D eigenvalue weighted by Gasteiger charge is -2.22. The highest BCUT2D eigenvalue weighted by Gasteiger charge is 2.19. The van der Waals surface area contributed by atoms with Gasteiger partial charge in [0.25, 0.3) is 0 Å². The largest absolute Gasteiger partial charge is 0.334 e. The van der Waals surface area contributed by atoms with Gasteiger partial charge in [-0.3, -0.25) is 0 Å². The Kier molecular flexibility index (Phi) is 4.93. The van der Waals surface area contributed by atoms with E-state index < -0.39 is 0 Å². The molecule has 0 spiro atoms. The first kappa shape index (κ1) is 13.3. The molecule has 1 N–H and O–H groups in total. The molecule has 1 unspecified atom stereocenters. The van der Waals surface area contributed by atoms with Crippen LogP contribution in [0.5, 0.6) is 0 Å². The number of urea groups is 1. The summed E-state index contributed by atoms with van der Waals surface area (Å²) < 4.78 is 0. The van der Waals surface area contributed by atoms with Gasteiger partial charge < -0.3 is 10.2 Å². The Hall–Kier alpha value is -1.16. The maximum atomic E-state index is 12.1. The number of hydrogen-bond acceptors (Lipinski definition) is 2. The van der Waals surface area contributed by atoms with Gasteiger partial charge in [-0.15, -0.1) is 0 Å². The molecule has 98 valence electrons. The van der Waals surface area contributed by atoms with E-state index in [9.17, 15) is 4.79 Å². The first-order valence-electron chi connectivity index (χ1n) is 6.40. The minimum Gasteiger partial charge on any atom is -0.334 e. The molecule has 1 aromatic rings. The van der Waals surface area contributed by atoms with Crippen LogP contribution in [0.4, 0.5) is 4.79 Å². The highest BCUT2D eigenvalue weighted by atomic mass is 32.2. The van der Waals surface area contributed by atoms with Crippen LogP contribution in [0.2, 0.25) is 0 Å². The maximum Gasteiger partial charge on any atom is 0.317 e. The Morgan fingerprint density at radius 2 is 2.22 bits per heavy atom. The lowest BCUT2D eigenvalue weighted by atomic mass is 10.2. The summed E-state index contributed by atoms with van der Waals surface area (Å²) in [5, 5.41) is 2.99. The van der Waals surface area contributed by atoms with Gasteiger partial charge in [0.05, 0.1) is 0 Å². The Balaban J connectivity index is 1.83. The molecule has 1 heterocycles. The van der Waals surface area contributed by atoms with Crippen molar-refractivity contribution in [1.82, 2.24) is 10.2 Å². The third-order valence-electron chi connectivity index (χ3n) is 3.01. The van der Waals surface area contributed by atoms with Gasteiger partial charge in [0.1, 0.15) is 0 Å². The zero-order chi connectivity index (χ0) is 12.8. The molecular formula is C14H20N2OS. The van der Waals surface area contributed by atoms with Gasteiger partial charge in [-0.25, -0.2) is 4.79 Å². The third-order valence-corrected chi connectivity index (χ3v) is 4.29. The molecule has 4 heteroatoms. The zero-order valence-corrected chi connectivity index (χ0v) is 11.6. The van der Waals surface area contributed by atoms with Crippen molar-refractivity contribution in [2.45, 2.75) is 13.5 Å². The predicted molar refractivity (Wildman–Crippen MR) is 76.7 cm³/mol. The second-order valence-electron chi connectivity index (χ2n) is 4.77. The molecule has 0 aromatic heterocycles. The summed E-state index contributed by atoms with van der Waals surface area (Å²) in [5.41, 5.74) is 1.14. The van der Waals surface area contributed by atoms with E-state index in [1.165, 1.54) is 0 Å². The Morgan fingerprint density at radius 3 is 3.00 bits per heavy atom. The molecule has 3 nitrogen and oxygen atoms in total. The summed E-state index contributed by atoms with van der Waals surface area (Å²) in [6, 6.07) is 10.1. The van der Waals surface area contributed by atoms with Crippen molar-refractivity contribution in [3.05, 3.63) is 35.9 Å². The Morgan fingerprint density at radius 1 is 1.44 bits per heavy atom. The SMILES string of the molecule is CC1CSCCN(C(=O)NCc2ccccc2)C1. The Bertz CT molecular complexity index is 383. The van der Waals surface area contributed by atoms with E-state index in [-0.39, 0.29) is 6.03 Å². The monoisotopic (exact) mass is 264 g/mol. The summed E-state index contributed by atoms with van der Waals surface area (Å²) in [7, 11) is 0. The fraction of sp³-hybridized carbons (Fsp3) is 0.500. The summed E-state index contributed by atoms with van der Waals surface area (Å²) >= 11 is 1.94. The maximum absolute atomic E-state index is 12.1. The van der Waals surface area contributed by atoms with E-state index in [0.717, 1.165) is 30.2 Å². The lowest BCUT2D eigenvalue weighted by Crippen LogP contribution is -2.42. The van der Waals surface area contributed by atoms with Crippen LogP contribution in [0.25, 0.3) is 0 Å². The minimum absolute atomic E-state index is 0.0632. The zero-order valence-electron chi connectivity index (χ0n) is 10.8. The second-order valence-corrected chi connectivity index (χ2v) is 5.92. The van der Waals surface area contributed by atoms with Crippen molar-refractivity contribution in [2.24, 2.45) is 5.92 Å². The molecule has 1 aliphatic rings. The van der Waals surface area contributed by atoms with Crippen LogP contribution in [0.15, 0.2) is 30.3 Å². The second kappa shape index (κ2) is 6.69. The summed E-state index contributed by atoms with van der Waals surface area (Å²) in [6.45, 7) is 4.54. The molecule has 1 aliphatic heterocycles. The van der Waals surface area contributed by atoms with Crippen LogP contribution in [0, 0.1) is 5.92 Å².